The molecule has 0 spiro atoms. The van der Waals surface area contributed by atoms with Crippen molar-refractivity contribution in [3.63, 3.8) is 0 Å². The summed E-state index contributed by atoms with van der Waals surface area (Å²) in [5.74, 6) is 0.129. The minimum atomic E-state index is -0.589. The molecular formula is C15H13F2N3S. The van der Waals surface area contributed by atoms with Gasteiger partial charge in [0.15, 0.2) is 0 Å². The number of nitrogens with zero attached hydrogens (tertiary/aromatic N) is 2. The molecule has 0 saturated carbocycles. The number of halogens is 2. The van der Waals surface area contributed by atoms with E-state index in [2.05, 4.69) is 15.3 Å². The zero-order valence-corrected chi connectivity index (χ0v) is 12.2. The van der Waals surface area contributed by atoms with Gasteiger partial charge in [0.25, 0.3) is 0 Å². The van der Waals surface area contributed by atoms with Crippen molar-refractivity contribution >= 4 is 27.4 Å². The fraction of sp³-hybridized carbons (Fsp3) is 0.200. The van der Waals surface area contributed by atoms with Crippen LogP contribution in [0.25, 0.3) is 10.2 Å². The summed E-state index contributed by atoms with van der Waals surface area (Å²) in [4.78, 5) is 9.78. The molecule has 0 radical (unpaired) electrons. The van der Waals surface area contributed by atoms with Gasteiger partial charge in [-0.3, -0.25) is 0 Å². The van der Waals surface area contributed by atoms with Crippen molar-refractivity contribution in [1.29, 1.82) is 0 Å². The van der Waals surface area contributed by atoms with Crippen molar-refractivity contribution in [2.24, 2.45) is 0 Å². The van der Waals surface area contributed by atoms with E-state index in [1.54, 1.807) is 0 Å². The summed E-state index contributed by atoms with van der Waals surface area (Å²) in [5.41, 5.74) is 0.519. The highest BCUT2D eigenvalue weighted by atomic mass is 32.1. The molecule has 1 N–H and O–H groups in total. The van der Waals surface area contributed by atoms with Crippen molar-refractivity contribution in [2.45, 2.75) is 13.3 Å². The zero-order chi connectivity index (χ0) is 14.8. The summed E-state index contributed by atoms with van der Waals surface area (Å²) in [6.45, 7) is 2.73. The van der Waals surface area contributed by atoms with Gasteiger partial charge in [0.2, 0.25) is 0 Å². The molecule has 0 aliphatic carbocycles. The molecule has 0 fully saturated rings. The molecule has 0 bridgehead atoms. The number of hydrogen-bond acceptors (Lipinski definition) is 4. The Kier molecular flexibility index (Phi) is 3.79. The van der Waals surface area contributed by atoms with E-state index in [9.17, 15) is 8.78 Å². The second-order valence-corrected chi connectivity index (χ2v) is 5.51. The summed E-state index contributed by atoms with van der Waals surface area (Å²) in [6.07, 6.45) is 0.293. The molecule has 0 saturated heterocycles. The second-order valence-electron chi connectivity index (χ2n) is 4.61. The Balaban J connectivity index is 1.99. The number of nitrogens with one attached hydrogen (secondary N) is 1. The molecule has 3 aromatic rings. The third kappa shape index (κ3) is 3.00. The number of thiophene rings is 1. The molecule has 3 rings (SSSR count). The highest BCUT2D eigenvalue weighted by Gasteiger charge is 2.10. The average molecular weight is 305 g/mol. The minimum Gasteiger partial charge on any atom is -0.370 e. The minimum absolute atomic E-state index is 0.293. The predicted molar refractivity (Wildman–Crippen MR) is 80.7 cm³/mol. The quantitative estimate of drug-likeness (QED) is 0.792. The Bertz CT molecular complexity index is 765. The van der Waals surface area contributed by atoms with E-state index in [0.29, 0.717) is 17.8 Å². The first-order valence-electron chi connectivity index (χ1n) is 6.58. The highest BCUT2D eigenvalue weighted by molar-refractivity contribution is 7.16. The van der Waals surface area contributed by atoms with E-state index in [0.717, 1.165) is 28.6 Å². The van der Waals surface area contributed by atoms with E-state index in [1.807, 2.05) is 18.4 Å². The SMILES string of the molecule is CCNc1nc(Cc2cc(F)cc(F)c2)nc2sccc12. The van der Waals surface area contributed by atoms with Crippen molar-refractivity contribution in [3.8, 4) is 0 Å². The first-order valence-corrected chi connectivity index (χ1v) is 7.46. The number of benzene rings is 1. The molecule has 0 unspecified atom stereocenters. The Hall–Kier alpha value is -2.08. The van der Waals surface area contributed by atoms with Gasteiger partial charge in [-0.2, -0.15) is 0 Å². The Morgan fingerprint density at radius 1 is 1.14 bits per heavy atom. The van der Waals surface area contributed by atoms with Crippen LogP contribution >= 0.6 is 11.3 Å². The lowest BCUT2D eigenvalue weighted by atomic mass is 10.1. The van der Waals surface area contributed by atoms with Gasteiger partial charge in [-0.25, -0.2) is 18.7 Å². The van der Waals surface area contributed by atoms with E-state index in [-0.39, 0.29) is 0 Å². The van der Waals surface area contributed by atoms with Crippen LogP contribution in [-0.2, 0) is 6.42 Å². The third-order valence-electron chi connectivity index (χ3n) is 3.00. The van der Waals surface area contributed by atoms with Crippen LogP contribution in [0, 0.1) is 11.6 Å². The van der Waals surface area contributed by atoms with E-state index in [4.69, 9.17) is 0 Å². The Morgan fingerprint density at radius 3 is 2.62 bits per heavy atom. The molecule has 0 aliphatic rings. The number of hydrogen-bond donors (Lipinski definition) is 1. The third-order valence-corrected chi connectivity index (χ3v) is 3.81. The topological polar surface area (TPSA) is 37.8 Å². The first kappa shape index (κ1) is 13.9. The van der Waals surface area contributed by atoms with E-state index >= 15 is 0 Å². The van der Waals surface area contributed by atoms with Crippen molar-refractivity contribution in [2.75, 3.05) is 11.9 Å². The van der Waals surface area contributed by atoms with Gasteiger partial charge in [0, 0.05) is 19.0 Å². The van der Waals surface area contributed by atoms with E-state index < -0.39 is 11.6 Å². The molecule has 6 heteroatoms. The van der Waals surface area contributed by atoms with Gasteiger partial charge in [0.05, 0.1) is 5.39 Å². The predicted octanol–water partition coefficient (Wildman–Crippen LogP) is 3.99. The van der Waals surface area contributed by atoms with Crippen LogP contribution in [0.1, 0.15) is 18.3 Å². The van der Waals surface area contributed by atoms with Crippen molar-refractivity contribution in [1.82, 2.24) is 9.97 Å². The van der Waals surface area contributed by atoms with Gasteiger partial charge in [-0.05, 0) is 36.1 Å². The van der Waals surface area contributed by atoms with Crippen LogP contribution in [0.3, 0.4) is 0 Å². The number of rotatable bonds is 4. The van der Waals surface area contributed by atoms with Crippen molar-refractivity contribution < 1.29 is 8.78 Å². The largest absolute Gasteiger partial charge is 0.370 e. The molecule has 2 aromatic heterocycles. The monoisotopic (exact) mass is 305 g/mol. The van der Waals surface area contributed by atoms with Crippen LogP contribution < -0.4 is 5.32 Å². The smallest absolute Gasteiger partial charge is 0.138 e. The molecule has 108 valence electrons. The van der Waals surface area contributed by atoms with E-state index in [1.165, 1.54) is 23.5 Å². The van der Waals surface area contributed by atoms with Crippen LogP contribution in [-0.4, -0.2) is 16.5 Å². The lowest BCUT2D eigenvalue weighted by Crippen LogP contribution is -2.04. The second kappa shape index (κ2) is 5.73. The fourth-order valence-electron chi connectivity index (χ4n) is 2.18. The fourth-order valence-corrected chi connectivity index (χ4v) is 2.96. The summed E-state index contributed by atoms with van der Waals surface area (Å²) < 4.78 is 26.5. The number of anilines is 1. The van der Waals surface area contributed by atoms with Crippen LogP contribution in [0.4, 0.5) is 14.6 Å². The van der Waals surface area contributed by atoms with Crippen LogP contribution in [0.15, 0.2) is 29.6 Å². The molecule has 1 aromatic carbocycles. The van der Waals surface area contributed by atoms with Crippen LogP contribution in [0.2, 0.25) is 0 Å². The maximum Gasteiger partial charge on any atom is 0.138 e. The Morgan fingerprint density at radius 2 is 1.90 bits per heavy atom. The maximum atomic E-state index is 13.2. The normalized spacial score (nSPS) is 11.0. The highest BCUT2D eigenvalue weighted by Crippen LogP contribution is 2.25. The molecule has 21 heavy (non-hydrogen) atoms. The lowest BCUT2D eigenvalue weighted by Gasteiger charge is -2.07. The molecule has 3 nitrogen and oxygen atoms in total. The van der Waals surface area contributed by atoms with Gasteiger partial charge in [0.1, 0.15) is 28.1 Å². The summed E-state index contributed by atoms with van der Waals surface area (Å²) in [7, 11) is 0. The first-order chi connectivity index (χ1) is 10.2. The summed E-state index contributed by atoms with van der Waals surface area (Å²) in [5, 5.41) is 6.11. The van der Waals surface area contributed by atoms with Gasteiger partial charge in [-0.1, -0.05) is 0 Å². The molecule has 0 aliphatic heterocycles. The molecular weight excluding hydrogens is 292 g/mol. The summed E-state index contributed by atoms with van der Waals surface area (Å²) in [6, 6.07) is 5.43. The van der Waals surface area contributed by atoms with Gasteiger partial charge < -0.3 is 5.32 Å². The number of aromatic nitrogens is 2. The van der Waals surface area contributed by atoms with Crippen LogP contribution in [0.5, 0.6) is 0 Å². The zero-order valence-electron chi connectivity index (χ0n) is 11.4. The van der Waals surface area contributed by atoms with Crippen molar-refractivity contribution in [3.05, 3.63) is 52.7 Å². The molecule has 0 atom stereocenters. The number of fused-ring (bicyclic) bond motifs is 1. The summed E-state index contributed by atoms with van der Waals surface area (Å²) >= 11 is 1.52. The molecule has 2 heterocycles. The maximum absolute atomic E-state index is 13.2. The molecule has 0 amide bonds. The van der Waals surface area contributed by atoms with Gasteiger partial charge >= 0.3 is 0 Å². The standard InChI is InChI=1S/C15H13F2N3S/c1-2-18-14-12-3-4-21-15(12)20-13(19-14)7-9-5-10(16)8-11(17)6-9/h3-6,8H,2,7H2,1H3,(H,18,19,20). The Labute approximate surface area is 124 Å². The van der Waals surface area contributed by atoms with Gasteiger partial charge in [-0.15, -0.1) is 11.3 Å². The lowest BCUT2D eigenvalue weighted by molar-refractivity contribution is 0.580. The average Bonchev–Trinajstić information content (AvgIpc) is 2.86.